The average Bonchev–Trinajstić information content (AvgIpc) is 2.38. The molecule has 0 bridgehead atoms. The molecule has 0 fully saturated rings. The highest BCUT2D eigenvalue weighted by Crippen LogP contribution is 2.18. The van der Waals surface area contributed by atoms with Crippen molar-refractivity contribution in [2.24, 2.45) is 0 Å². The summed E-state index contributed by atoms with van der Waals surface area (Å²) in [5, 5.41) is 4.45. The van der Waals surface area contributed by atoms with Crippen molar-refractivity contribution in [1.82, 2.24) is 5.32 Å². The van der Waals surface area contributed by atoms with Crippen molar-refractivity contribution in [1.29, 1.82) is 0 Å². The van der Waals surface area contributed by atoms with Gasteiger partial charge in [0, 0.05) is 7.05 Å². The summed E-state index contributed by atoms with van der Waals surface area (Å²) in [6.07, 6.45) is 0.974. The van der Waals surface area contributed by atoms with Crippen LogP contribution < -0.4 is 5.32 Å². The summed E-state index contributed by atoms with van der Waals surface area (Å²) in [5.74, 6) is 0. The first-order chi connectivity index (χ1) is 7.90. The molecule has 0 N–H and O–H groups in total. The molecule has 1 atom stereocenters. The molecule has 1 radical (unpaired) electrons. The van der Waals surface area contributed by atoms with Gasteiger partial charge in [-0.2, -0.15) is 0 Å². The zero-order valence-electron chi connectivity index (χ0n) is 9.51. The molecule has 1 nitrogen and oxygen atoms in total. The number of hydrogen-bond acceptors (Lipinski definition) is 0. The van der Waals surface area contributed by atoms with Crippen LogP contribution in [0.15, 0.2) is 60.7 Å². The van der Waals surface area contributed by atoms with Gasteiger partial charge in [0.25, 0.3) is 0 Å². The number of rotatable bonds is 4. The molecule has 0 amide bonds. The smallest absolute Gasteiger partial charge is 0.0532 e. The van der Waals surface area contributed by atoms with Crippen LogP contribution in [0.5, 0.6) is 0 Å². The van der Waals surface area contributed by atoms with E-state index in [0.717, 1.165) is 6.42 Å². The lowest BCUT2D eigenvalue weighted by Gasteiger charge is -2.14. The van der Waals surface area contributed by atoms with Gasteiger partial charge in [-0.15, -0.1) is 0 Å². The topological polar surface area (TPSA) is 14.1 Å². The molecule has 1 heteroatoms. The van der Waals surface area contributed by atoms with Crippen LogP contribution in [-0.4, -0.2) is 7.05 Å². The highest BCUT2D eigenvalue weighted by atomic mass is 14.9. The molecule has 81 valence electrons. The van der Waals surface area contributed by atoms with Crippen LogP contribution in [0.3, 0.4) is 0 Å². The number of hydrogen-bond donors (Lipinski definition) is 0. The molecule has 2 rings (SSSR count). The molecular weight excluding hydrogens is 194 g/mol. The van der Waals surface area contributed by atoms with E-state index in [0.29, 0.717) is 0 Å². The Hall–Kier alpha value is -1.60. The summed E-state index contributed by atoms with van der Waals surface area (Å²) in [6, 6.07) is 21.2. The third-order valence-electron chi connectivity index (χ3n) is 2.77. The van der Waals surface area contributed by atoms with Gasteiger partial charge in [0.2, 0.25) is 0 Å². The van der Waals surface area contributed by atoms with E-state index in [9.17, 15) is 0 Å². The average molecular weight is 210 g/mol. The minimum atomic E-state index is 0.267. The normalized spacial score (nSPS) is 12.3. The standard InChI is InChI=1S/C15H16N/c1-16-15(14-10-6-3-7-11-14)12-13-8-4-2-5-9-13/h2-11,15H,12H2,1H3. The second-order valence-corrected chi connectivity index (χ2v) is 3.87. The maximum absolute atomic E-state index is 4.45. The Morgan fingerprint density at radius 1 is 0.875 bits per heavy atom. The zero-order chi connectivity index (χ0) is 11.2. The largest absolute Gasteiger partial charge is 0.237 e. The fourth-order valence-electron chi connectivity index (χ4n) is 1.87. The van der Waals surface area contributed by atoms with Crippen LogP contribution in [-0.2, 0) is 6.42 Å². The third-order valence-corrected chi connectivity index (χ3v) is 2.77. The fourth-order valence-corrected chi connectivity index (χ4v) is 1.87. The van der Waals surface area contributed by atoms with Gasteiger partial charge in [0.05, 0.1) is 6.04 Å². The van der Waals surface area contributed by atoms with E-state index in [1.165, 1.54) is 11.1 Å². The van der Waals surface area contributed by atoms with E-state index >= 15 is 0 Å². The fraction of sp³-hybridized carbons (Fsp3) is 0.200. The monoisotopic (exact) mass is 210 g/mol. The summed E-state index contributed by atoms with van der Waals surface area (Å²) in [7, 11) is 1.89. The molecule has 2 aromatic carbocycles. The minimum absolute atomic E-state index is 0.267. The lowest BCUT2D eigenvalue weighted by atomic mass is 9.99. The van der Waals surface area contributed by atoms with Crippen molar-refractivity contribution < 1.29 is 0 Å². The zero-order valence-corrected chi connectivity index (χ0v) is 9.51. The Morgan fingerprint density at radius 3 is 2.00 bits per heavy atom. The lowest BCUT2D eigenvalue weighted by Crippen LogP contribution is -2.12. The van der Waals surface area contributed by atoms with E-state index in [-0.39, 0.29) is 6.04 Å². The SMILES string of the molecule is C[N]C(Cc1ccccc1)c1ccccc1. The summed E-state index contributed by atoms with van der Waals surface area (Å²) in [6.45, 7) is 0. The van der Waals surface area contributed by atoms with Crippen molar-refractivity contribution in [3.63, 3.8) is 0 Å². The van der Waals surface area contributed by atoms with Crippen molar-refractivity contribution in [2.45, 2.75) is 12.5 Å². The molecule has 0 heterocycles. The van der Waals surface area contributed by atoms with Crippen molar-refractivity contribution >= 4 is 0 Å². The second-order valence-electron chi connectivity index (χ2n) is 3.87. The van der Waals surface area contributed by atoms with Crippen LogP contribution in [0.2, 0.25) is 0 Å². The number of nitrogens with zero attached hydrogens (tertiary/aromatic N) is 1. The second kappa shape index (κ2) is 5.47. The van der Waals surface area contributed by atoms with Gasteiger partial charge in [-0.05, 0) is 17.5 Å². The predicted molar refractivity (Wildman–Crippen MR) is 67.4 cm³/mol. The summed E-state index contributed by atoms with van der Waals surface area (Å²) in [4.78, 5) is 0. The Kier molecular flexibility index (Phi) is 3.73. The van der Waals surface area contributed by atoms with Crippen LogP contribution in [0.4, 0.5) is 0 Å². The maximum Gasteiger partial charge on any atom is 0.0532 e. The molecule has 0 spiro atoms. The van der Waals surface area contributed by atoms with Gasteiger partial charge >= 0.3 is 0 Å². The van der Waals surface area contributed by atoms with Crippen molar-refractivity contribution in [3.05, 3.63) is 71.8 Å². The van der Waals surface area contributed by atoms with E-state index in [1.807, 2.05) is 19.2 Å². The van der Waals surface area contributed by atoms with Crippen molar-refractivity contribution in [2.75, 3.05) is 7.05 Å². The third kappa shape index (κ3) is 2.71. The van der Waals surface area contributed by atoms with Crippen molar-refractivity contribution in [3.8, 4) is 0 Å². The molecule has 0 aliphatic rings. The summed E-state index contributed by atoms with van der Waals surface area (Å²) >= 11 is 0. The van der Waals surface area contributed by atoms with Gasteiger partial charge in [-0.25, -0.2) is 5.32 Å². The quantitative estimate of drug-likeness (QED) is 0.735. The number of likely N-dealkylation sites (N-methyl/N-ethyl adjacent to an activating group) is 1. The molecule has 0 aliphatic heterocycles. The van der Waals surface area contributed by atoms with Crippen LogP contribution in [0, 0.1) is 0 Å². The molecule has 16 heavy (non-hydrogen) atoms. The number of benzene rings is 2. The molecule has 0 aromatic heterocycles. The first kappa shape index (κ1) is 10.9. The van der Waals surface area contributed by atoms with E-state index in [2.05, 4.69) is 53.8 Å². The van der Waals surface area contributed by atoms with E-state index in [4.69, 9.17) is 0 Å². The Labute approximate surface area is 97.1 Å². The molecule has 0 aliphatic carbocycles. The van der Waals surface area contributed by atoms with E-state index in [1.54, 1.807) is 0 Å². The Bertz CT molecular complexity index is 408. The Balaban J connectivity index is 2.13. The van der Waals surface area contributed by atoms with Gasteiger partial charge in [-0.3, -0.25) is 0 Å². The van der Waals surface area contributed by atoms with Crippen LogP contribution in [0.25, 0.3) is 0 Å². The summed E-state index contributed by atoms with van der Waals surface area (Å²) in [5.41, 5.74) is 2.62. The van der Waals surface area contributed by atoms with E-state index < -0.39 is 0 Å². The molecular formula is C15H16N. The Morgan fingerprint density at radius 2 is 1.44 bits per heavy atom. The summed E-state index contributed by atoms with van der Waals surface area (Å²) < 4.78 is 0. The van der Waals surface area contributed by atoms with Gasteiger partial charge in [-0.1, -0.05) is 60.7 Å². The highest BCUT2D eigenvalue weighted by Gasteiger charge is 2.09. The lowest BCUT2D eigenvalue weighted by molar-refractivity contribution is 0.580. The first-order valence-electron chi connectivity index (χ1n) is 5.58. The van der Waals surface area contributed by atoms with Crippen LogP contribution >= 0.6 is 0 Å². The minimum Gasteiger partial charge on any atom is -0.237 e. The highest BCUT2D eigenvalue weighted by molar-refractivity contribution is 5.23. The van der Waals surface area contributed by atoms with Gasteiger partial charge in [0.15, 0.2) is 0 Å². The van der Waals surface area contributed by atoms with Crippen LogP contribution in [0.1, 0.15) is 17.2 Å². The van der Waals surface area contributed by atoms with Gasteiger partial charge < -0.3 is 0 Å². The maximum atomic E-state index is 4.45. The molecule has 0 saturated carbocycles. The molecule has 1 unspecified atom stereocenters. The van der Waals surface area contributed by atoms with Gasteiger partial charge in [0.1, 0.15) is 0 Å². The predicted octanol–water partition coefficient (Wildman–Crippen LogP) is 3.20. The molecule has 2 aromatic rings. The molecule has 0 saturated heterocycles. The first-order valence-corrected chi connectivity index (χ1v) is 5.58.